The highest BCUT2D eigenvalue weighted by atomic mass is 16.4. The first-order chi connectivity index (χ1) is 9.42. The van der Waals surface area contributed by atoms with Crippen LogP contribution in [0.25, 0.3) is 0 Å². The molecule has 0 aromatic heterocycles. The Labute approximate surface area is 123 Å². The van der Waals surface area contributed by atoms with Crippen LogP contribution in [0.4, 0.5) is 0 Å². The van der Waals surface area contributed by atoms with Crippen molar-refractivity contribution in [2.24, 2.45) is 0 Å². The number of nitrogens with zero attached hydrogens (tertiary/aromatic N) is 2. The average molecular weight is 285 g/mol. The molecule has 1 fully saturated rings. The van der Waals surface area contributed by atoms with Crippen LogP contribution in [0.1, 0.15) is 40.0 Å². The van der Waals surface area contributed by atoms with Gasteiger partial charge in [0, 0.05) is 32.2 Å². The Balaban J connectivity index is 2.49. The molecule has 0 bridgehead atoms. The monoisotopic (exact) mass is 285 g/mol. The number of hydrogen-bond donors (Lipinski definition) is 2. The summed E-state index contributed by atoms with van der Waals surface area (Å²) < 4.78 is 0. The molecule has 118 valence electrons. The summed E-state index contributed by atoms with van der Waals surface area (Å²) in [5, 5.41) is 12.6. The Hall–Kier alpha value is -0.650. The first-order valence-electron chi connectivity index (χ1n) is 7.84. The number of aliphatic carboxylic acids is 1. The number of rotatable bonds is 8. The molecule has 1 aliphatic heterocycles. The molecule has 5 nitrogen and oxygen atoms in total. The zero-order valence-corrected chi connectivity index (χ0v) is 13.5. The van der Waals surface area contributed by atoms with Gasteiger partial charge in [-0.25, -0.2) is 0 Å². The molecular weight excluding hydrogens is 254 g/mol. The van der Waals surface area contributed by atoms with Crippen LogP contribution < -0.4 is 5.32 Å². The highest BCUT2D eigenvalue weighted by Crippen LogP contribution is 2.15. The van der Waals surface area contributed by atoms with Crippen molar-refractivity contribution in [3.63, 3.8) is 0 Å². The fourth-order valence-corrected chi connectivity index (χ4v) is 2.71. The minimum atomic E-state index is -0.804. The molecule has 0 spiro atoms. The minimum Gasteiger partial charge on any atom is -0.480 e. The third kappa shape index (κ3) is 4.72. The quantitative estimate of drug-likeness (QED) is 0.703. The summed E-state index contributed by atoms with van der Waals surface area (Å²) >= 11 is 0. The highest BCUT2D eigenvalue weighted by Gasteiger charge is 2.33. The average Bonchev–Trinajstić information content (AvgIpc) is 2.44. The van der Waals surface area contributed by atoms with E-state index < -0.39 is 11.5 Å². The van der Waals surface area contributed by atoms with Crippen LogP contribution in [0, 0.1) is 0 Å². The zero-order valence-electron chi connectivity index (χ0n) is 13.5. The summed E-state index contributed by atoms with van der Waals surface area (Å²) in [5.41, 5.74) is -0.804. The summed E-state index contributed by atoms with van der Waals surface area (Å²) in [7, 11) is 2.18. The Morgan fingerprint density at radius 1 is 1.40 bits per heavy atom. The largest absolute Gasteiger partial charge is 0.480 e. The molecule has 2 N–H and O–H groups in total. The molecule has 0 radical (unpaired) electrons. The maximum atomic E-state index is 11.5. The van der Waals surface area contributed by atoms with Crippen LogP contribution in [0.5, 0.6) is 0 Å². The summed E-state index contributed by atoms with van der Waals surface area (Å²) in [4.78, 5) is 16.3. The molecule has 20 heavy (non-hydrogen) atoms. The fraction of sp³-hybridized carbons (Fsp3) is 0.933. The number of hydrogen-bond acceptors (Lipinski definition) is 4. The molecule has 2 unspecified atom stereocenters. The van der Waals surface area contributed by atoms with Gasteiger partial charge >= 0.3 is 5.97 Å². The van der Waals surface area contributed by atoms with Gasteiger partial charge in [0.2, 0.25) is 0 Å². The summed E-state index contributed by atoms with van der Waals surface area (Å²) in [6.45, 7) is 10.8. The van der Waals surface area contributed by atoms with Gasteiger partial charge in [-0.3, -0.25) is 4.79 Å². The fourth-order valence-electron chi connectivity index (χ4n) is 2.71. The normalized spacial score (nSPS) is 24.5. The van der Waals surface area contributed by atoms with Crippen molar-refractivity contribution in [3.05, 3.63) is 0 Å². The number of likely N-dealkylation sites (N-methyl/N-ethyl adjacent to an activating group) is 1. The lowest BCUT2D eigenvalue weighted by Gasteiger charge is -2.40. The molecule has 1 saturated heterocycles. The van der Waals surface area contributed by atoms with Crippen molar-refractivity contribution in [1.29, 1.82) is 0 Å². The second-order valence-electron chi connectivity index (χ2n) is 6.16. The van der Waals surface area contributed by atoms with Gasteiger partial charge in [-0.1, -0.05) is 13.8 Å². The van der Waals surface area contributed by atoms with Crippen LogP contribution in [-0.4, -0.2) is 72.2 Å². The van der Waals surface area contributed by atoms with Gasteiger partial charge in [0.25, 0.3) is 0 Å². The van der Waals surface area contributed by atoms with Crippen molar-refractivity contribution in [2.45, 2.75) is 51.6 Å². The van der Waals surface area contributed by atoms with E-state index in [1.54, 1.807) is 6.92 Å². The highest BCUT2D eigenvalue weighted by molar-refractivity contribution is 5.78. The van der Waals surface area contributed by atoms with E-state index in [-0.39, 0.29) is 0 Å². The number of carbonyl (C=O) groups is 1. The molecule has 5 heteroatoms. The summed E-state index contributed by atoms with van der Waals surface area (Å²) in [5.74, 6) is -0.743. The smallest absolute Gasteiger partial charge is 0.323 e. The van der Waals surface area contributed by atoms with Crippen molar-refractivity contribution in [1.82, 2.24) is 15.1 Å². The van der Waals surface area contributed by atoms with Gasteiger partial charge in [-0.05, 0) is 39.8 Å². The third-order valence-corrected chi connectivity index (χ3v) is 4.50. The van der Waals surface area contributed by atoms with E-state index in [9.17, 15) is 9.90 Å². The third-order valence-electron chi connectivity index (χ3n) is 4.50. The standard InChI is InChI=1S/C15H31N3O2/c1-5-8-16-15(3,14(19)20)7-9-18-11-10-17(4)13(6-2)12-18/h13,16H,5-12H2,1-4H3,(H,19,20). The number of carboxylic acid groups (broad SMARTS) is 1. The predicted molar refractivity (Wildman–Crippen MR) is 82.1 cm³/mol. The zero-order chi connectivity index (χ0) is 15.2. The number of piperazine rings is 1. The Morgan fingerprint density at radius 3 is 2.65 bits per heavy atom. The Bertz CT molecular complexity index is 311. The van der Waals surface area contributed by atoms with E-state index in [2.05, 4.69) is 36.0 Å². The van der Waals surface area contributed by atoms with E-state index in [0.717, 1.165) is 45.6 Å². The van der Waals surface area contributed by atoms with Crippen molar-refractivity contribution >= 4 is 5.97 Å². The molecule has 0 saturated carbocycles. The second kappa shape index (κ2) is 7.96. The maximum Gasteiger partial charge on any atom is 0.323 e. The Morgan fingerprint density at radius 2 is 2.10 bits per heavy atom. The minimum absolute atomic E-state index is 0.600. The molecular formula is C15H31N3O2. The van der Waals surface area contributed by atoms with Crippen molar-refractivity contribution in [2.75, 3.05) is 39.8 Å². The van der Waals surface area contributed by atoms with Crippen LogP contribution >= 0.6 is 0 Å². The lowest BCUT2D eigenvalue weighted by Crippen LogP contribution is -2.55. The second-order valence-corrected chi connectivity index (χ2v) is 6.16. The van der Waals surface area contributed by atoms with Gasteiger partial charge in [-0.2, -0.15) is 0 Å². The molecule has 0 aromatic rings. The lowest BCUT2D eigenvalue weighted by atomic mass is 9.97. The van der Waals surface area contributed by atoms with Crippen LogP contribution in [0.15, 0.2) is 0 Å². The molecule has 1 rings (SSSR count). The van der Waals surface area contributed by atoms with E-state index in [1.807, 2.05) is 0 Å². The van der Waals surface area contributed by atoms with Crippen LogP contribution in [-0.2, 0) is 4.79 Å². The summed E-state index contributed by atoms with van der Waals surface area (Å²) in [6, 6.07) is 0.600. The molecule has 0 aliphatic carbocycles. The van der Waals surface area contributed by atoms with Gasteiger partial charge in [-0.15, -0.1) is 0 Å². The van der Waals surface area contributed by atoms with Crippen LogP contribution in [0.3, 0.4) is 0 Å². The SMILES string of the molecule is CCCNC(C)(CCN1CCN(C)C(CC)C1)C(=O)O. The Kier molecular flexibility index (Phi) is 6.92. The predicted octanol–water partition coefficient (Wildman–Crippen LogP) is 1.25. The van der Waals surface area contributed by atoms with Crippen molar-refractivity contribution < 1.29 is 9.90 Å². The molecule has 1 heterocycles. The van der Waals surface area contributed by atoms with Gasteiger partial charge in [0.05, 0.1) is 0 Å². The topological polar surface area (TPSA) is 55.8 Å². The summed E-state index contributed by atoms with van der Waals surface area (Å²) in [6.07, 6.45) is 2.76. The van der Waals surface area contributed by atoms with Crippen molar-refractivity contribution in [3.8, 4) is 0 Å². The number of carboxylic acids is 1. The first-order valence-corrected chi connectivity index (χ1v) is 7.84. The molecule has 0 amide bonds. The lowest BCUT2D eigenvalue weighted by molar-refractivity contribution is -0.144. The molecule has 2 atom stereocenters. The van der Waals surface area contributed by atoms with Gasteiger partial charge < -0.3 is 20.2 Å². The number of nitrogens with one attached hydrogen (secondary N) is 1. The van der Waals surface area contributed by atoms with Gasteiger partial charge in [0.15, 0.2) is 0 Å². The molecule has 0 aromatic carbocycles. The molecule has 1 aliphatic rings. The van der Waals surface area contributed by atoms with E-state index in [4.69, 9.17) is 0 Å². The van der Waals surface area contributed by atoms with E-state index >= 15 is 0 Å². The maximum absolute atomic E-state index is 11.5. The van der Waals surface area contributed by atoms with Gasteiger partial charge in [0.1, 0.15) is 5.54 Å². The van der Waals surface area contributed by atoms with Crippen LogP contribution in [0.2, 0.25) is 0 Å². The first kappa shape index (κ1) is 17.4. The van der Waals surface area contributed by atoms with E-state index in [1.165, 1.54) is 0 Å². The van der Waals surface area contributed by atoms with E-state index in [0.29, 0.717) is 12.5 Å².